The smallest absolute Gasteiger partial charge is 0.287 e. The zero-order valence-corrected chi connectivity index (χ0v) is 14.0. The van der Waals surface area contributed by atoms with Gasteiger partial charge < -0.3 is 15.1 Å². The van der Waals surface area contributed by atoms with Gasteiger partial charge in [-0.3, -0.25) is 9.59 Å². The molecule has 0 aliphatic heterocycles. The fourth-order valence-electron chi connectivity index (χ4n) is 2.01. The Labute approximate surface area is 139 Å². The first-order chi connectivity index (χ1) is 11.1. The van der Waals surface area contributed by atoms with Gasteiger partial charge in [0.1, 0.15) is 6.04 Å². The van der Waals surface area contributed by atoms with Crippen LogP contribution < -0.4 is 10.6 Å². The van der Waals surface area contributed by atoms with Crippen LogP contribution in [0.2, 0.25) is 0 Å². The summed E-state index contributed by atoms with van der Waals surface area (Å²) >= 11 is 1.63. The molecule has 0 unspecified atom stereocenters. The van der Waals surface area contributed by atoms with Gasteiger partial charge in [-0.2, -0.15) is 11.8 Å². The molecular formula is C17H20N2O3S. The molecular weight excluding hydrogens is 312 g/mol. The predicted molar refractivity (Wildman–Crippen MR) is 92.8 cm³/mol. The van der Waals surface area contributed by atoms with Crippen LogP contribution in [0.15, 0.2) is 47.1 Å². The molecule has 23 heavy (non-hydrogen) atoms. The molecule has 2 rings (SSSR count). The Balaban J connectivity index is 2.02. The molecule has 0 radical (unpaired) electrons. The number of amides is 2. The molecule has 2 aromatic rings. The highest BCUT2D eigenvalue weighted by Crippen LogP contribution is 2.11. The van der Waals surface area contributed by atoms with Gasteiger partial charge in [0.15, 0.2) is 5.76 Å². The summed E-state index contributed by atoms with van der Waals surface area (Å²) in [4.78, 5) is 24.5. The van der Waals surface area contributed by atoms with Gasteiger partial charge in [-0.25, -0.2) is 0 Å². The maximum absolute atomic E-state index is 12.4. The van der Waals surface area contributed by atoms with Crippen LogP contribution in [0.4, 0.5) is 5.69 Å². The number of carbonyl (C=O) groups is 2. The fourth-order valence-corrected chi connectivity index (χ4v) is 2.48. The van der Waals surface area contributed by atoms with E-state index in [9.17, 15) is 9.59 Å². The van der Waals surface area contributed by atoms with Crippen LogP contribution in [0.1, 0.15) is 22.5 Å². The number of nitrogens with one attached hydrogen (secondary N) is 2. The van der Waals surface area contributed by atoms with Crippen LogP contribution in [0.25, 0.3) is 0 Å². The third kappa shape index (κ3) is 5.17. The van der Waals surface area contributed by atoms with Crippen molar-refractivity contribution in [3.63, 3.8) is 0 Å². The van der Waals surface area contributed by atoms with Gasteiger partial charge in [-0.05, 0) is 49.6 Å². The highest BCUT2D eigenvalue weighted by Gasteiger charge is 2.22. The number of benzene rings is 1. The highest BCUT2D eigenvalue weighted by atomic mass is 32.2. The SMILES string of the molecule is CSCC[C@H](NC(=O)c1ccco1)C(=O)Nc1ccc(C)cc1. The highest BCUT2D eigenvalue weighted by molar-refractivity contribution is 7.98. The van der Waals surface area contributed by atoms with Crippen molar-refractivity contribution >= 4 is 29.3 Å². The third-order valence-corrected chi connectivity index (χ3v) is 3.94. The molecule has 0 aliphatic rings. The second-order valence-electron chi connectivity index (χ2n) is 5.14. The summed E-state index contributed by atoms with van der Waals surface area (Å²) in [7, 11) is 0. The quantitative estimate of drug-likeness (QED) is 0.817. The molecule has 0 saturated heterocycles. The van der Waals surface area contributed by atoms with Crippen LogP contribution >= 0.6 is 11.8 Å². The topological polar surface area (TPSA) is 71.3 Å². The lowest BCUT2D eigenvalue weighted by atomic mass is 10.2. The largest absolute Gasteiger partial charge is 0.459 e. The number of carbonyl (C=O) groups excluding carboxylic acids is 2. The van der Waals surface area contributed by atoms with Crippen LogP contribution in [-0.2, 0) is 4.79 Å². The minimum Gasteiger partial charge on any atom is -0.459 e. The molecule has 0 bridgehead atoms. The van der Waals surface area contributed by atoms with E-state index in [0.29, 0.717) is 12.1 Å². The van der Waals surface area contributed by atoms with Gasteiger partial charge in [0.2, 0.25) is 5.91 Å². The molecule has 0 aliphatic carbocycles. The zero-order valence-electron chi connectivity index (χ0n) is 13.2. The Hall–Kier alpha value is -2.21. The first kappa shape index (κ1) is 17.1. The first-order valence-corrected chi connectivity index (χ1v) is 8.70. The van der Waals surface area contributed by atoms with E-state index in [-0.39, 0.29) is 17.6 Å². The number of hydrogen-bond donors (Lipinski definition) is 2. The third-order valence-electron chi connectivity index (χ3n) is 3.30. The molecule has 122 valence electrons. The van der Waals surface area contributed by atoms with E-state index in [1.165, 1.54) is 6.26 Å². The first-order valence-electron chi connectivity index (χ1n) is 7.31. The van der Waals surface area contributed by atoms with Gasteiger partial charge in [0.25, 0.3) is 5.91 Å². The Kier molecular flexibility index (Phi) is 6.29. The second kappa shape index (κ2) is 8.43. The van der Waals surface area contributed by atoms with Crippen molar-refractivity contribution in [1.82, 2.24) is 5.32 Å². The summed E-state index contributed by atoms with van der Waals surface area (Å²) in [6, 6.07) is 10.1. The van der Waals surface area contributed by atoms with Crippen LogP contribution in [0.3, 0.4) is 0 Å². The van der Waals surface area contributed by atoms with E-state index < -0.39 is 6.04 Å². The number of furan rings is 1. The molecule has 0 spiro atoms. The maximum Gasteiger partial charge on any atom is 0.287 e. The molecule has 1 aromatic heterocycles. The number of thioether (sulfide) groups is 1. The van der Waals surface area contributed by atoms with Crippen LogP contribution in [-0.4, -0.2) is 29.9 Å². The standard InChI is InChI=1S/C17H20N2O3S/c1-12-5-7-13(8-6-12)18-16(20)14(9-11-23-2)19-17(21)15-4-3-10-22-15/h3-8,10,14H,9,11H2,1-2H3,(H,18,20)(H,19,21)/t14-/m0/s1. The van der Waals surface area contributed by atoms with E-state index >= 15 is 0 Å². The zero-order chi connectivity index (χ0) is 16.7. The molecule has 2 N–H and O–H groups in total. The lowest BCUT2D eigenvalue weighted by Gasteiger charge is -2.17. The summed E-state index contributed by atoms with van der Waals surface area (Å²) < 4.78 is 5.06. The van der Waals surface area contributed by atoms with Gasteiger partial charge in [-0.15, -0.1) is 0 Å². The molecule has 2 amide bonds. The fraction of sp³-hybridized carbons (Fsp3) is 0.294. The van der Waals surface area contributed by atoms with E-state index in [4.69, 9.17) is 4.42 Å². The molecule has 6 heteroatoms. The van der Waals surface area contributed by atoms with Gasteiger partial charge in [0.05, 0.1) is 6.26 Å². The molecule has 0 fully saturated rings. The lowest BCUT2D eigenvalue weighted by molar-refractivity contribution is -0.118. The number of hydrogen-bond acceptors (Lipinski definition) is 4. The van der Waals surface area contributed by atoms with Gasteiger partial charge in [0, 0.05) is 5.69 Å². The second-order valence-corrected chi connectivity index (χ2v) is 6.13. The Morgan fingerprint density at radius 1 is 1.22 bits per heavy atom. The Morgan fingerprint density at radius 3 is 2.57 bits per heavy atom. The molecule has 1 atom stereocenters. The van der Waals surface area contributed by atoms with E-state index in [1.54, 1.807) is 23.9 Å². The number of anilines is 1. The van der Waals surface area contributed by atoms with Crippen molar-refractivity contribution in [2.45, 2.75) is 19.4 Å². The minimum atomic E-state index is -0.610. The van der Waals surface area contributed by atoms with Crippen molar-refractivity contribution in [2.75, 3.05) is 17.3 Å². The van der Waals surface area contributed by atoms with Crippen molar-refractivity contribution in [1.29, 1.82) is 0 Å². The lowest BCUT2D eigenvalue weighted by Crippen LogP contribution is -2.44. The van der Waals surface area contributed by atoms with E-state index in [1.807, 2.05) is 37.4 Å². The summed E-state index contributed by atoms with van der Waals surface area (Å²) in [5.41, 5.74) is 1.83. The average molecular weight is 332 g/mol. The van der Waals surface area contributed by atoms with Crippen LogP contribution in [0.5, 0.6) is 0 Å². The van der Waals surface area contributed by atoms with Gasteiger partial charge >= 0.3 is 0 Å². The summed E-state index contributed by atoms with van der Waals surface area (Å²) in [6.07, 6.45) is 3.94. The predicted octanol–water partition coefficient (Wildman–Crippen LogP) is 3.08. The Bertz CT molecular complexity index is 638. The van der Waals surface area contributed by atoms with Crippen molar-refractivity contribution in [3.8, 4) is 0 Å². The molecule has 1 aromatic carbocycles. The summed E-state index contributed by atoms with van der Waals surface area (Å²) in [5.74, 6) is 0.343. The summed E-state index contributed by atoms with van der Waals surface area (Å²) in [6.45, 7) is 1.98. The molecule has 0 saturated carbocycles. The van der Waals surface area contributed by atoms with Gasteiger partial charge in [-0.1, -0.05) is 17.7 Å². The number of rotatable bonds is 7. The molecule has 5 nitrogen and oxygen atoms in total. The van der Waals surface area contributed by atoms with Crippen molar-refractivity contribution in [3.05, 3.63) is 54.0 Å². The van der Waals surface area contributed by atoms with E-state index in [2.05, 4.69) is 10.6 Å². The van der Waals surface area contributed by atoms with Crippen molar-refractivity contribution < 1.29 is 14.0 Å². The number of aryl methyl sites for hydroxylation is 1. The monoisotopic (exact) mass is 332 g/mol. The van der Waals surface area contributed by atoms with Crippen molar-refractivity contribution in [2.24, 2.45) is 0 Å². The average Bonchev–Trinajstić information content (AvgIpc) is 3.08. The maximum atomic E-state index is 12.4. The summed E-state index contributed by atoms with van der Waals surface area (Å²) in [5, 5.41) is 5.56. The van der Waals surface area contributed by atoms with E-state index in [0.717, 1.165) is 11.3 Å². The normalized spacial score (nSPS) is 11.7. The molecule has 1 heterocycles. The Morgan fingerprint density at radius 2 is 1.96 bits per heavy atom. The minimum absolute atomic E-state index is 0.197. The van der Waals surface area contributed by atoms with Crippen LogP contribution in [0, 0.1) is 6.92 Å².